The van der Waals surface area contributed by atoms with Crippen LogP contribution in [0.15, 0.2) is 24.4 Å². The number of halogens is 1. The molecule has 4 nitrogen and oxygen atoms in total. The summed E-state index contributed by atoms with van der Waals surface area (Å²) in [6.45, 7) is 2.06. The fourth-order valence-corrected chi connectivity index (χ4v) is 2.87. The van der Waals surface area contributed by atoms with E-state index in [9.17, 15) is 4.39 Å². The highest BCUT2D eigenvalue weighted by Crippen LogP contribution is 2.29. The molecule has 6 heteroatoms. The summed E-state index contributed by atoms with van der Waals surface area (Å²) in [5, 5.41) is 8.37. The zero-order valence-corrected chi connectivity index (χ0v) is 11.5. The smallest absolute Gasteiger partial charge is 0.188 e. The van der Waals surface area contributed by atoms with E-state index in [0.717, 1.165) is 33.2 Å². The number of anilines is 2. The van der Waals surface area contributed by atoms with Gasteiger partial charge in [0.25, 0.3) is 0 Å². The summed E-state index contributed by atoms with van der Waals surface area (Å²) < 4.78 is 15.7. The minimum Gasteiger partial charge on any atom is -0.329 e. The quantitative estimate of drug-likeness (QED) is 0.796. The summed E-state index contributed by atoms with van der Waals surface area (Å²) in [5.41, 5.74) is 2.74. The summed E-state index contributed by atoms with van der Waals surface area (Å²) in [7, 11) is 1.89. The zero-order valence-electron chi connectivity index (χ0n) is 10.6. The lowest BCUT2D eigenvalue weighted by Gasteiger charge is -1.99. The average molecular weight is 276 g/mol. The summed E-state index contributed by atoms with van der Waals surface area (Å²) in [6, 6.07) is 4.62. The monoisotopic (exact) mass is 276 g/mol. The Labute approximate surface area is 113 Å². The Balaban J connectivity index is 1.96. The number of hydrogen-bond donors (Lipinski definition) is 1. The van der Waals surface area contributed by atoms with Crippen molar-refractivity contribution in [1.82, 2.24) is 14.8 Å². The van der Waals surface area contributed by atoms with Gasteiger partial charge in [-0.05, 0) is 24.6 Å². The fraction of sp³-hybridized carbons (Fsp3) is 0.231. The number of rotatable bonds is 3. The highest BCUT2D eigenvalue weighted by molar-refractivity contribution is 7.22. The predicted molar refractivity (Wildman–Crippen MR) is 75.4 cm³/mol. The Morgan fingerprint density at radius 1 is 1.42 bits per heavy atom. The summed E-state index contributed by atoms with van der Waals surface area (Å²) in [6.07, 6.45) is 2.77. The number of aryl methyl sites for hydroxylation is 2. The molecule has 0 spiro atoms. The first-order chi connectivity index (χ1) is 9.15. The van der Waals surface area contributed by atoms with E-state index in [1.807, 2.05) is 13.2 Å². The van der Waals surface area contributed by atoms with Gasteiger partial charge in [-0.2, -0.15) is 5.10 Å². The maximum atomic E-state index is 13.1. The molecule has 3 rings (SSSR count). The molecule has 0 atom stereocenters. The molecule has 3 aromatic rings. The zero-order chi connectivity index (χ0) is 13.4. The Kier molecular flexibility index (Phi) is 2.94. The van der Waals surface area contributed by atoms with Gasteiger partial charge >= 0.3 is 0 Å². The van der Waals surface area contributed by atoms with Gasteiger partial charge in [0.15, 0.2) is 5.13 Å². The number of aromatic nitrogens is 3. The van der Waals surface area contributed by atoms with Crippen molar-refractivity contribution in [3.8, 4) is 0 Å². The minimum absolute atomic E-state index is 0.238. The second kappa shape index (κ2) is 4.62. The van der Waals surface area contributed by atoms with E-state index in [2.05, 4.69) is 22.3 Å². The van der Waals surface area contributed by atoms with Crippen molar-refractivity contribution < 1.29 is 4.39 Å². The van der Waals surface area contributed by atoms with Crippen molar-refractivity contribution in [1.29, 1.82) is 0 Å². The first-order valence-electron chi connectivity index (χ1n) is 6.01. The molecule has 0 aliphatic heterocycles. The van der Waals surface area contributed by atoms with Gasteiger partial charge in [0, 0.05) is 13.2 Å². The second-order valence-electron chi connectivity index (χ2n) is 4.27. The van der Waals surface area contributed by atoms with Crippen molar-refractivity contribution in [3.05, 3.63) is 35.9 Å². The van der Waals surface area contributed by atoms with Gasteiger partial charge in [0.2, 0.25) is 0 Å². The number of nitrogens with zero attached hydrogens (tertiary/aromatic N) is 3. The second-order valence-corrected chi connectivity index (χ2v) is 5.30. The van der Waals surface area contributed by atoms with Gasteiger partial charge < -0.3 is 5.32 Å². The molecule has 98 valence electrons. The molecule has 0 fully saturated rings. The van der Waals surface area contributed by atoms with Crippen LogP contribution in [0.2, 0.25) is 0 Å². The largest absolute Gasteiger partial charge is 0.329 e. The number of thiazole rings is 1. The number of benzene rings is 1. The fourth-order valence-electron chi connectivity index (χ4n) is 1.97. The molecule has 1 aromatic carbocycles. The van der Waals surface area contributed by atoms with Gasteiger partial charge in [-0.25, -0.2) is 9.37 Å². The van der Waals surface area contributed by atoms with Gasteiger partial charge in [0.1, 0.15) is 5.82 Å². The Hall–Kier alpha value is -1.95. The first-order valence-corrected chi connectivity index (χ1v) is 6.83. The van der Waals surface area contributed by atoms with Crippen LogP contribution in [0.4, 0.5) is 15.2 Å². The molecule has 0 aliphatic carbocycles. The summed E-state index contributed by atoms with van der Waals surface area (Å²) in [5.74, 6) is -0.238. The van der Waals surface area contributed by atoms with E-state index in [1.165, 1.54) is 23.5 Å². The van der Waals surface area contributed by atoms with Crippen LogP contribution in [0.1, 0.15) is 12.6 Å². The van der Waals surface area contributed by atoms with Crippen molar-refractivity contribution in [3.63, 3.8) is 0 Å². The lowest BCUT2D eigenvalue weighted by atomic mass is 10.3. The minimum atomic E-state index is -0.238. The van der Waals surface area contributed by atoms with Crippen LogP contribution in [-0.4, -0.2) is 14.8 Å². The SMILES string of the molecule is CCc1nn(C)cc1Nc1nc2ccc(F)cc2s1. The molecule has 0 unspecified atom stereocenters. The van der Waals surface area contributed by atoms with Crippen LogP contribution in [0.3, 0.4) is 0 Å². The normalized spacial score (nSPS) is 11.1. The van der Waals surface area contributed by atoms with E-state index in [1.54, 1.807) is 10.7 Å². The van der Waals surface area contributed by atoms with Crippen LogP contribution < -0.4 is 5.32 Å². The maximum absolute atomic E-state index is 13.1. The molecule has 0 saturated heterocycles. The molecule has 0 amide bonds. The van der Waals surface area contributed by atoms with Gasteiger partial charge in [-0.1, -0.05) is 18.3 Å². The predicted octanol–water partition coefficient (Wildman–Crippen LogP) is 3.47. The molecular weight excluding hydrogens is 263 g/mol. The van der Waals surface area contributed by atoms with Crippen molar-refractivity contribution in [2.75, 3.05) is 5.32 Å². The van der Waals surface area contributed by atoms with E-state index in [4.69, 9.17) is 0 Å². The lowest BCUT2D eigenvalue weighted by Crippen LogP contribution is -1.92. The van der Waals surface area contributed by atoms with E-state index in [-0.39, 0.29) is 5.82 Å². The van der Waals surface area contributed by atoms with Crippen molar-refractivity contribution in [2.24, 2.45) is 7.05 Å². The molecule has 19 heavy (non-hydrogen) atoms. The van der Waals surface area contributed by atoms with E-state index in [0.29, 0.717) is 0 Å². The molecule has 2 aromatic heterocycles. The van der Waals surface area contributed by atoms with E-state index >= 15 is 0 Å². The van der Waals surface area contributed by atoms with Crippen LogP contribution in [0.5, 0.6) is 0 Å². The molecule has 0 bridgehead atoms. The van der Waals surface area contributed by atoms with Crippen LogP contribution in [-0.2, 0) is 13.5 Å². The van der Waals surface area contributed by atoms with E-state index < -0.39 is 0 Å². The van der Waals surface area contributed by atoms with Crippen LogP contribution in [0, 0.1) is 5.82 Å². The topological polar surface area (TPSA) is 42.7 Å². The third-order valence-corrected chi connectivity index (χ3v) is 3.77. The molecule has 0 saturated carbocycles. The molecular formula is C13H13FN4S. The molecule has 2 heterocycles. The van der Waals surface area contributed by atoms with Crippen LogP contribution in [0.25, 0.3) is 10.2 Å². The van der Waals surface area contributed by atoms with Crippen molar-refractivity contribution in [2.45, 2.75) is 13.3 Å². The maximum Gasteiger partial charge on any atom is 0.188 e. The Morgan fingerprint density at radius 2 is 2.26 bits per heavy atom. The molecule has 0 aliphatic rings. The first kappa shape index (κ1) is 12.1. The lowest BCUT2D eigenvalue weighted by molar-refractivity contribution is 0.630. The number of fused-ring (bicyclic) bond motifs is 1. The Bertz CT molecular complexity index is 731. The standard InChI is InChI=1S/C13H13FN4S/c1-3-9-11(7-18(2)17-9)16-13-15-10-5-4-8(14)6-12(10)19-13/h4-7H,3H2,1-2H3,(H,15,16). The van der Waals surface area contributed by atoms with Gasteiger partial charge in [0.05, 0.1) is 21.6 Å². The molecule has 1 N–H and O–H groups in total. The highest BCUT2D eigenvalue weighted by atomic mass is 32.1. The summed E-state index contributed by atoms with van der Waals surface area (Å²) in [4.78, 5) is 4.44. The van der Waals surface area contributed by atoms with Gasteiger partial charge in [-0.15, -0.1) is 0 Å². The van der Waals surface area contributed by atoms with Gasteiger partial charge in [-0.3, -0.25) is 4.68 Å². The highest BCUT2D eigenvalue weighted by Gasteiger charge is 2.09. The molecule has 0 radical (unpaired) electrons. The summed E-state index contributed by atoms with van der Waals surface area (Å²) >= 11 is 1.44. The van der Waals surface area contributed by atoms with Crippen molar-refractivity contribution >= 4 is 32.4 Å². The third-order valence-electron chi connectivity index (χ3n) is 2.83. The number of hydrogen-bond acceptors (Lipinski definition) is 4. The Morgan fingerprint density at radius 3 is 3.05 bits per heavy atom. The van der Waals surface area contributed by atoms with Crippen LogP contribution >= 0.6 is 11.3 Å². The average Bonchev–Trinajstić information content (AvgIpc) is 2.92. The third kappa shape index (κ3) is 2.31. The number of nitrogens with one attached hydrogen (secondary N) is 1.